The number of carbonyl (C=O) groups is 1. The maximum absolute atomic E-state index is 11.9. The van der Waals surface area contributed by atoms with E-state index >= 15 is 0 Å². The highest BCUT2D eigenvalue weighted by Gasteiger charge is 2.16. The van der Waals surface area contributed by atoms with Crippen molar-refractivity contribution in [1.29, 1.82) is 0 Å². The SMILES string of the molecule is CC(=O)N(c1ccccn1)c1ccc(C)cc1C. The van der Waals surface area contributed by atoms with Gasteiger partial charge in [0, 0.05) is 13.1 Å². The van der Waals surface area contributed by atoms with Gasteiger partial charge in [0.15, 0.2) is 0 Å². The molecule has 0 radical (unpaired) electrons. The number of carbonyl (C=O) groups excluding carboxylic acids is 1. The van der Waals surface area contributed by atoms with Crippen LogP contribution in [0.5, 0.6) is 0 Å². The van der Waals surface area contributed by atoms with Crippen molar-refractivity contribution in [3.8, 4) is 0 Å². The number of rotatable bonds is 2. The number of nitrogens with zero attached hydrogens (tertiary/aromatic N) is 2. The first-order valence-electron chi connectivity index (χ1n) is 5.88. The van der Waals surface area contributed by atoms with Crippen LogP contribution in [0.1, 0.15) is 18.1 Å². The van der Waals surface area contributed by atoms with Gasteiger partial charge in [0.05, 0.1) is 5.69 Å². The average molecular weight is 240 g/mol. The molecular weight excluding hydrogens is 224 g/mol. The summed E-state index contributed by atoms with van der Waals surface area (Å²) in [4.78, 5) is 17.7. The van der Waals surface area contributed by atoms with Crippen LogP contribution in [0.3, 0.4) is 0 Å². The second-order valence-corrected chi connectivity index (χ2v) is 4.33. The molecule has 3 heteroatoms. The quantitative estimate of drug-likeness (QED) is 0.806. The highest BCUT2D eigenvalue weighted by molar-refractivity contribution is 5.98. The fraction of sp³-hybridized carbons (Fsp3) is 0.200. The molecule has 1 amide bonds. The Morgan fingerprint density at radius 3 is 2.50 bits per heavy atom. The van der Waals surface area contributed by atoms with E-state index in [1.807, 2.05) is 44.2 Å². The third-order valence-corrected chi connectivity index (χ3v) is 2.79. The first-order chi connectivity index (χ1) is 8.59. The molecule has 1 aromatic carbocycles. The number of benzene rings is 1. The summed E-state index contributed by atoms with van der Waals surface area (Å²) in [6.45, 7) is 5.59. The van der Waals surface area contributed by atoms with Gasteiger partial charge < -0.3 is 0 Å². The first kappa shape index (κ1) is 12.3. The van der Waals surface area contributed by atoms with Gasteiger partial charge in [0.1, 0.15) is 5.82 Å². The second-order valence-electron chi connectivity index (χ2n) is 4.33. The Hall–Kier alpha value is -2.16. The highest BCUT2D eigenvalue weighted by atomic mass is 16.2. The molecule has 0 fully saturated rings. The van der Waals surface area contributed by atoms with Crippen molar-refractivity contribution in [1.82, 2.24) is 4.98 Å². The summed E-state index contributed by atoms with van der Waals surface area (Å²) in [6, 6.07) is 11.6. The van der Waals surface area contributed by atoms with Crippen molar-refractivity contribution in [2.45, 2.75) is 20.8 Å². The van der Waals surface area contributed by atoms with Gasteiger partial charge >= 0.3 is 0 Å². The van der Waals surface area contributed by atoms with Crippen molar-refractivity contribution in [2.24, 2.45) is 0 Å². The predicted octanol–water partition coefficient (Wildman–Crippen LogP) is 3.38. The Labute approximate surface area is 107 Å². The van der Waals surface area contributed by atoms with Crippen molar-refractivity contribution in [3.63, 3.8) is 0 Å². The Bertz CT molecular complexity index is 564. The minimum Gasteiger partial charge on any atom is -0.274 e. The van der Waals surface area contributed by atoms with Gasteiger partial charge in [-0.05, 0) is 37.6 Å². The Morgan fingerprint density at radius 1 is 1.17 bits per heavy atom. The molecule has 92 valence electrons. The number of aryl methyl sites for hydroxylation is 2. The molecule has 1 aromatic heterocycles. The van der Waals surface area contributed by atoms with Crippen LogP contribution < -0.4 is 4.90 Å². The van der Waals surface area contributed by atoms with Gasteiger partial charge in [-0.3, -0.25) is 9.69 Å². The molecule has 0 saturated carbocycles. The summed E-state index contributed by atoms with van der Waals surface area (Å²) >= 11 is 0. The van der Waals surface area contributed by atoms with Crippen molar-refractivity contribution in [3.05, 3.63) is 53.7 Å². The van der Waals surface area contributed by atoms with Gasteiger partial charge in [-0.2, -0.15) is 0 Å². The van der Waals surface area contributed by atoms with Crippen LogP contribution in [0.4, 0.5) is 11.5 Å². The Balaban J connectivity index is 2.52. The first-order valence-corrected chi connectivity index (χ1v) is 5.88. The average Bonchev–Trinajstić information content (AvgIpc) is 2.33. The summed E-state index contributed by atoms with van der Waals surface area (Å²) < 4.78 is 0. The van der Waals surface area contributed by atoms with Gasteiger partial charge in [-0.1, -0.05) is 23.8 Å². The molecule has 0 saturated heterocycles. The van der Waals surface area contributed by atoms with E-state index in [1.165, 1.54) is 5.56 Å². The lowest BCUT2D eigenvalue weighted by Crippen LogP contribution is -2.24. The van der Waals surface area contributed by atoms with Gasteiger partial charge in [0.2, 0.25) is 5.91 Å². The molecule has 1 heterocycles. The minimum atomic E-state index is -0.0411. The van der Waals surface area contributed by atoms with E-state index in [0.717, 1.165) is 11.3 Å². The lowest BCUT2D eigenvalue weighted by atomic mass is 10.1. The third-order valence-electron chi connectivity index (χ3n) is 2.79. The van der Waals surface area contributed by atoms with Crippen LogP contribution in [-0.4, -0.2) is 10.9 Å². The van der Waals surface area contributed by atoms with E-state index in [1.54, 1.807) is 18.0 Å². The molecule has 0 atom stereocenters. The molecule has 2 aromatic rings. The standard InChI is InChI=1S/C15H16N2O/c1-11-7-8-14(12(2)10-11)17(13(3)18)15-6-4-5-9-16-15/h4-10H,1-3H3. The predicted molar refractivity (Wildman–Crippen MR) is 73.0 cm³/mol. The van der Waals surface area contributed by atoms with E-state index in [2.05, 4.69) is 11.1 Å². The molecule has 0 aliphatic heterocycles. The molecule has 0 N–H and O–H groups in total. The molecule has 3 nitrogen and oxygen atoms in total. The lowest BCUT2D eigenvalue weighted by Gasteiger charge is -2.22. The number of hydrogen-bond acceptors (Lipinski definition) is 2. The maximum atomic E-state index is 11.9. The van der Waals surface area contributed by atoms with Crippen LogP contribution in [0.15, 0.2) is 42.6 Å². The topological polar surface area (TPSA) is 33.2 Å². The smallest absolute Gasteiger partial charge is 0.229 e. The molecule has 0 aliphatic rings. The molecule has 0 unspecified atom stereocenters. The molecule has 0 spiro atoms. The fourth-order valence-electron chi connectivity index (χ4n) is 2.00. The molecule has 0 aliphatic carbocycles. The van der Waals surface area contributed by atoms with E-state index in [0.29, 0.717) is 5.82 Å². The summed E-state index contributed by atoms with van der Waals surface area (Å²) in [5.74, 6) is 0.609. The Morgan fingerprint density at radius 2 is 1.94 bits per heavy atom. The number of amides is 1. The number of pyridine rings is 1. The zero-order chi connectivity index (χ0) is 13.1. The van der Waals surface area contributed by atoms with E-state index < -0.39 is 0 Å². The lowest BCUT2D eigenvalue weighted by molar-refractivity contribution is -0.115. The van der Waals surface area contributed by atoms with E-state index in [4.69, 9.17) is 0 Å². The maximum Gasteiger partial charge on any atom is 0.229 e. The van der Waals surface area contributed by atoms with Gasteiger partial charge in [0.25, 0.3) is 0 Å². The third kappa shape index (κ3) is 2.40. The summed E-state index contributed by atoms with van der Waals surface area (Å²) in [6.07, 6.45) is 1.69. The zero-order valence-corrected chi connectivity index (χ0v) is 10.8. The van der Waals surface area contributed by atoms with Crippen LogP contribution in [0, 0.1) is 13.8 Å². The van der Waals surface area contributed by atoms with Crippen molar-refractivity contribution >= 4 is 17.4 Å². The summed E-state index contributed by atoms with van der Waals surface area (Å²) in [7, 11) is 0. The van der Waals surface area contributed by atoms with E-state index in [9.17, 15) is 4.79 Å². The molecular formula is C15H16N2O. The molecule has 2 rings (SSSR count). The number of hydrogen-bond donors (Lipinski definition) is 0. The largest absolute Gasteiger partial charge is 0.274 e. The van der Waals surface area contributed by atoms with E-state index in [-0.39, 0.29) is 5.91 Å². The molecule has 0 bridgehead atoms. The van der Waals surface area contributed by atoms with Crippen molar-refractivity contribution < 1.29 is 4.79 Å². The van der Waals surface area contributed by atoms with Gasteiger partial charge in [-0.15, -0.1) is 0 Å². The van der Waals surface area contributed by atoms with Crippen molar-refractivity contribution in [2.75, 3.05) is 4.90 Å². The monoisotopic (exact) mass is 240 g/mol. The highest BCUT2D eigenvalue weighted by Crippen LogP contribution is 2.27. The van der Waals surface area contributed by atoms with Crippen LogP contribution >= 0.6 is 0 Å². The zero-order valence-electron chi connectivity index (χ0n) is 10.8. The number of aromatic nitrogens is 1. The minimum absolute atomic E-state index is 0.0411. The fourth-order valence-corrected chi connectivity index (χ4v) is 2.00. The summed E-state index contributed by atoms with van der Waals surface area (Å²) in [5, 5.41) is 0. The normalized spacial score (nSPS) is 10.2. The summed E-state index contributed by atoms with van der Waals surface area (Å²) in [5.41, 5.74) is 3.13. The second kappa shape index (κ2) is 5.00. The van der Waals surface area contributed by atoms with Crippen LogP contribution in [0.2, 0.25) is 0 Å². The van der Waals surface area contributed by atoms with Gasteiger partial charge in [-0.25, -0.2) is 4.98 Å². The number of anilines is 2. The van der Waals surface area contributed by atoms with Crippen LogP contribution in [-0.2, 0) is 4.79 Å². The Kier molecular flexibility index (Phi) is 3.42. The van der Waals surface area contributed by atoms with Crippen LogP contribution in [0.25, 0.3) is 0 Å². The molecule has 18 heavy (non-hydrogen) atoms.